The Morgan fingerprint density at radius 1 is 1.47 bits per heavy atom. The highest BCUT2D eigenvalue weighted by atomic mass is 35.5. The van der Waals surface area contributed by atoms with Gasteiger partial charge in [0.1, 0.15) is 5.82 Å². The van der Waals surface area contributed by atoms with Gasteiger partial charge in [-0.15, -0.1) is 0 Å². The van der Waals surface area contributed by atoms with Crippen LogP contribution in [0.25, 0.3) is 0 Å². The quantitative estimate of drug-likeness (QED) is 0.862. The summed E-state index contributed by atoms with van der Waals surface area (Å²) in [5.41, 5.74) is 1.26. The van der Waals surface area contributed by atoms with Crippen LogP contribution in [0.2, 0.25) is 5.02 Å². The summed E-state index contributed by atoms with van der Waals surface area (Å²) >= 11 is 6.07. The van der Waals surface area contributed by atoms with Crippen molar-refractivity contribution in [3.05, 3.63) is 34.6 Å². The van der Waals surface area contributed by atoms with Crippen LogP contribution in [0.4, 0.5) is 4.39 Å². The predicted octanol–water partition coefficient (Wildman–Crippen LogP) is 4.44. The highest BCUT2D eigenvalue weighted by Crippen LogP contribution is 2.45. The molecule has 0 bridgehead atoms. The molecule has 0 amide bonds. The molecule has 1 nitrogen and oxygen atoms in total. The van der Waals surface area contributed by atoms with Gasteiger partial charge in [-0.25, -0.2) is 4.39 Å². The highest BCUT2D eigenvalue weighted by Gasteiger charge is 2.39. The minimum Gasteiger partial charge on any atom is -0.316 e. The Balaban J connectivity index is 2.17. The summed E-state index contributed by atoms with van der Waals surface area (Å²) in [6.07, 6.45) is 4.59. The number of rotatable bonds is 4. The molecule has 1 aromatic rings. The summed E-state index contributed by atoms with van der Waals surface area (Å²) in [4.78, 5) is 0. The van der Waals surface area contributed by atoms with E-state index in [2.05, 4.69) is 19.2 Å². The van der Waals surface area contributed by atoms with Gasteiger partial charge in [0.2, 0.25) is 0 Å². The van der Waals surface area contributed by atoms with E-state index >= 15 is 0 Å². The first-order valence-electron chi connectivity index (χ1n) is 7.06. The number of likely N-dealkylation sites (N-methyl/N-ethyl adjacent to an activating group) is 1. The topological polar surface area (TPSA) is 12.0 Å². The molecule has 0 saturated heterocycles. The molecule has 106 valence electrons. The lowest BCUT2D eigenvalue weighted by Gasteiger charge is -2.34. The maximum Gasteiger partial charge on any atom is 0.142 e. The number of halogens is 2. The fourth-order valence-electron chi connectivity index (χ4n) is 3.49. The van der Waals surface area contributed by atoms with Crippen molar-refractivity contribution in [2.24, 2.45) is 11.3 Å². The smallest absolute Gasteiger partial charge is 0.142 e. The van der Waals surface area contributed by atoms with Crippen LogP contribution in [0.15, 0.2) is 18.2 Å². The van der Waals surface area contributed by atoms with Crippen LogP contribution in [-0.2, 0) is 6.42 Å². The van der Waals surface area contributed by atoms with E-state index in [4.69, 9.17) is 11.6 Å². The second-order valence-corrected chi connectivity index (χ2v) is 6.68. The van der Waals surface area contributed by atoms with Crippen LogP contribution in [0.5, 0.6) is 0 Å². The molecule has 2 atom stereocenters. The molecule has 1 fully saturated rings. The zero-order valence-corrected chi connectivity index (χ0v) is 12.7. The lowest BCUT2D eigenvalue weighted by atomic mass is 9.76. The molecule has 0 aromatic heterocycles. The molecular weight excluding hydrogens is 261 g/mol. The third-order valence-corrected chi connectivity index (χ3v) is 5.09. The average molecular weight is 284 g/mol. The number of nitrogens with one attached hydrogen (secondary N) is 1. The Morgan fingerprint density at radius 3 is 2.79 bits per heavy atom. The first-order valence-corrected chi connectivity index (χ1v) is 7.43. The molecule has 1 aliphatic rings. The molecule has 2 unspecified atom stereocenters. The monoisotopic (exact) mass is 283 g/mol. The largest absolute Gasteiger partial charge is 0.316 e. The zero-order chi connectivity index (χ0) is 14.0. The van der Waals surface area contributed by atoms with Crippen molar-refractivity contribution in [1.82, 2.24) is 5.32 Å². The predicted molar refractivity (Wildman–Crippen MR) is 79.1 cm³/mol. The molecule has 1 saturated carbocycles. The molecule has 0 aliphatic heterocycles. The zero-order valence-electron chi connectivity index (χ0n) is 12.0. The summed E-state index contributed by atoms with van der Waals surface area (Å²) in [7, 11) is 1.99. The van der Waals surface area contributed by atoms with Gasteiger partial charge in [0.05, 0.1) is 5.02 Å². The standard InChI is InChI=1S/C16H23ClFN/c1-16(2)9-5-7-12(16)14(19-3)10-11-6-4-8-13(18)15(11)17/h4,6,8,12,14,19H,5,7,9-10H2,1-3H3. The SMILES string of the molecule is CNC(Cc1cccc(F)c1Cl)C1CCCC1(C)C. The van der Waals surface area contributed by atoms with E-state index in [9.17, 15) is 4.39 Å². The molecule has 19 heavy (non-hydrogen) atoms. The third-order valence-electron chi connectivity index (χ3n) is 4.67. The molecule has 3 heteroatoms. The van der Waals surface area contributed by atoms with Gasteiger partial charge in [-0.1, -0.05) is 44.0 Å². The second-order valence-electron chi connectivity index (χ2n) is 6.30. The van der Waals surface area contributed by atoms with Crippen molar-refractivity contribution in [2.45, 2.75) is 45.6 Å². The van der Waals surface area contributed by atoms with E-state index < -0.39 is 0 Å². The minimum atomic E-state index is -0.320. The Labute approximate surface area is 120 Å². The van der Waals surface area contributed by atoms with Crippen molar-refractivity contribution in [1.29, 1.82) is 0 Å². The minimum absolute atomic E-state index is 0.276. The highest BCUT2D eigenvalue weighted by molar-refractivity contribution is 6.31. The van der Waals surface area contributed by atoms with Crippen molar-refractivity contribution in [2.75, 3.05) is 7.05 Å². The summed E-state index contributed by atoms with van der Waals surface area (Å²) in [6, 6.07) is 5.44. The molecule has 1 aromatic carbocycles. The second kappa shape index (κ2) is 5.80. The number of hydrogen-bond acceptors (Lipinski definition) is 1. The molecule has 2 rings (SSSR count). The van der Waals surface area contributed by atoms with E-state index in [1.54, 1.807) is 6.07 Å². The fourth-order valence-corrected chi connectivity index (χ4v) is 3.69. The fraction of sp³-hybridized carbons (Fsp3) is 0.625. The van der Waals surface area contributed by atoms with Gasteiger partial charge in [0.15, 0.2) is 0 Å². The maximum absolute atomic E-state index is 13.5. The number of hydrogen-bond donors (Lipinski definition) is 1. The lowest BCUT2D eigenvalue weighted by Crippen LogP contribution is -2.40. The molecule has 0 radical (unpaired) electrons. The lowest BCUT2D eigenvalue weighted by molar-refractivity contribution is 0.201. The molecule has 1 aliphatic carbocycles. The summed E-state index contributed by atoms with van der Waals surface area (Å²) in [5, 5.41) is 3.69. The Bertz CT molecular complexity index is 444. The van der Waals surface area contributed by atoms with Crippen molar-refractivity contribution >= 4 is 11.6 Å². The van der Waals surface area contributed by atoms with Crippen molar-refractivity contribution in [3.8, 4) is 0 Å². The van der Waals surface area contributed by atoms with Gasteiger partial charge >= 0.3 is 0 Å². The van der Waals surface area contributed by atoms with Crippen LogP contribution in [-0.4, -0.2) is 13.1 Å². The Kier molecular flexibility index (Phi) is 4.52. The first-order chi connectivity index (χ1) is 8.95. The van der Waals surface area contributed by atoms with Crippen LogP contribution in [0.1, 0.15) is 38.7 Å². The summed E-state index contributed by atoms with van der Waals surface area (Å²) in [6.45, 7) is 4.67. The first kappa shape index (κ1) is 14.8. The number of benzene rings is 1. The van der Waals surface area contributed by atoms with Crippen molar-refractivity contribution < 1.29 is 4.39 Å². The summed E-state index contributed by atoms with van der Waals surface area (Å²) in [5.74, 6) is 0.302. The van der Waals surface area contributed by atoms with Crippen LogP contribution < -0.4 is 5.32 Å². The van der Waals surface area contributed by atoms with Gasteiger partial charge in [-0.3, -0.25) is 0 Å². The van der Waals surface area contributed by atoms with E-state index in [1.807, 2.05) is 13.1 Å². The van der Waals surface area contributed by atoms with Gasteiger partial charge < -0.3 is 5.32 Å². The maximum atomic E-state index is 13.5. The van der Waals surface area contributed by atoms with Gasteiger partial charge in [0, 0.05) is 6.04 Å². The Hall–Kier alpha value is -0.600. The Morgan fingerprint density at radius 2 is 2.21 bits per heavy atom. The summed E-state index contributed by atoms with van der Waals surface area (Å²) < 4.78 is 13.5. The van der Waals surface area contributed by atoms with Crippen molar-refractivity contribution in [3.63, 3.8) is 0 Å². The molecule has 0 spiro atoms. The van der Waals surface area contributed by atoms with E-state index in [0.29, 0.717) is 17.4 Å². The van der Waals surface area contributed by atoms with Gasteiger partial charge in [-0.05, 0) is 49.3 Å². The molecule has 0 heterocycles. The van der Waals surface area contributed by atoms with E-state index in [0.717, 1.165) is 12.0 Å². The van der Waals surface area contributed by atoms with Crippen LogP contribution in [0.3, 0.4) is 0 Å². The third kappa shape index (κ3) is 3.11. The van der Waals surface area contributed by atoms with Crippen LogP contribution >= 0.6 is 11.6 Å². The van der Waals surface area contributed by atoms with E-state index in [-0.39, 0.29) is 10.8 Å². The average Bonchev–Trinajstić information content (AvgIpc) is 2.71. The molecular formula is C16H23ClFN. The van der Waals surface area contributed by atoms with E-state index in [1.165, 1.54) is 25.3 Å². The normalized spacial score (nSPS) is 23.5. The van der Waals surface area contributed by atoms with Gasteiger partial charge in [-0.2, -0.15) is 0 Å². The molecule has 1 N–H and O–H groups in total. The van der Waals surface area contributed by atoms with Gasteiger partial charge in [0.25, 0.3) is 0 Å². The van der Waals surface area contributed by atoms with Crippen LogP contribution in [0, 0.1) is 17.2 Å².